The Hall–Kier alpha value is -2.87. The van der Waals surface area contributed by atoms with Crippen LogP contribution in [0, 0.1) is 0 Å². The van der Waals surface area contributed by atoms with Gasteiger partial charge in [0.15, 0.2) is 11.6 Å². The highest BCUT2D eigenvalue weighted by molar-refractivity contribution is 5.56. The largest absolute Gasteiger partial charge is 0.495 e. The van der Waals surface area contributed by atoms with E-state index in [0.717, 1.165) is 19.3 Å². The number of aliphatic hydroxyl groups excluding tert-OH is 1. The van der Waals surface area contributed by atoms with Crippen LogP contribution in [0.5, 0.6) is 11.5 Å². The first-order chi connectivity index (χ1) is 13.6. The van der Waals surface area contributed by atoms with Crippen LogP contribution in [0.15, 0.2) is 37.3 Å². The van der Waals surface area contributed by atoms with Crippen molar-refractivity contribution in [1.29, 1.82) is 0 Å². The molecule has 2 heterocycles. The topological polar surface area (TPSA) is 107 Å². The number of unbranched alkanes of at least 4 members (excludes halogenated alkanes) is 1. The van der Waals surface area contributed by atoms with Gasteiger partial charge in [-0.05, 0) is 31.2 Å². The Morgan fingerprint density at radius 3 is 2.82 bits per heavy atom. The number of pyridine rings is 1. The lowest BCUT2D eigenvalue weighted by Crippen LogP contribution is -2.32. The maximum atomic E-state index is 9.49. The molecule has 0 amide bonds. The minimum absolute atomic E-state index is 0.0310. The molecule has 8 nitrogen and oxygen atoms in total. The molecule has 0 radical (unpaired) electrons. The second kappa shape index (κ2) is 11.1. The van der Waals surface area contributed by atoms with E-state index in [1.54, 1.807) is 31.8 Å². The Kier molecular flexibility index (Phi) is 8.48. The predicted molar refractivity (Wildman–Crippen MR) is 109 cm³/mol. The minimum atomic E-state index is 0.0310. The number of rotatable bonds is 12. The third-order valence-corrected chi connectivity index (χ3v) is 4.38. The predicted octanol–water partition coefficient (Wildman–Crippen LogP) is 2.93. The first-order valence-electron chi connectivity index (χ1n) is 9.39. The fourth-order valence-electron chi connectivity index (χ4n) is 2.95. The summed E-state index contributed by atoms with van der Waals surface area (Å²) >= 11 is 0. The summed E-state index contributed by atoms with van der Waals surface area (Å²) in [5.74, 6) is 1.76. The summed E-state index contributed by atoms with van der Waals surface area (Å²) in [6, 6.07) is 3.65. The molecular weight excluding hydrogens is 358 g/mol. The molecule has 0 saturated carbocycles. The van der Waals surface area contributed by atoms with E-state index in [9.17, 15) is 5.11 Å². The number of methoxy groups -OCH3 is 1. The van der Waals surface area contributed by atoms with Crippen molar-refractivity contribution in [2.24, 2.45) is 0 Å². The SMILES string of the molecule is C=CN(c1nc(N)ncc1OCc1ncccc1OC)[C@H](CCO)CCCC. The van der Waals surface area contributed by atoms with E-state index in [4.69, 9.17) is 15.2 Å². The first kappa shape index (κ1) is 21.4. The minimum Gasteiger partial charge on any atom is -0.495 e. The number of ether oxygens (including phenoxy) is 2. The lowest BCUT2D eigenvalue weighted by Gasteiger charge is -2.30. The second-order valence-corrected chi connectivity index (χ2v) is 6.26. The molecule has 0 aliphatic carbocycles. The molecule has 0 aromatic carbocycles. The van der Waals surface area contributed by atoms with Gasteiger partial charge in [0.05, 0.1) is 13.3 Å². The van der Waals surface area contributed by atoms with Gasteiger partial charge in [0.25, 0.3) is 0 Å². The zero-order valence-electron chi connectivity index (χ0n) is 16.5. The smallest absolute Gasteiger partial charge is 0.222 e. The van der Waals surface area contributed by atoms with E-state index in [1.807, 2.05) is 11.0 Å². The number of nitrogens with two attached hydrogens (primary N) is 1. The standard InChI is InChI=1S/C20H29N5O3/c1-4-6-8-15(10-12-26)25(5-2)19-18(13-23-20(21)24-19)28-14-16-17(27-3)9-7-11-22-16/h5,7,9,11,13,15,26H,2,4,6,8,10,12,14H2,1,3H3,(H2,21,23,24)/t15-/m0/s1. The van der Waals surface area contributed by atoms with Crippen LogP contribution < -0.4 is 20.1 Å². The summed E-state index contributed by atoms with van der Waals surface area (Å²) in [6.07, 6.45) is 8.47. The molecule has 2 aromatic heterocycles. The van der Waals surface area contributed by atoms with Crippen molar-refractivity contribution >= 4 is 11.8 Å². The number of aliphatic hydroxyl groups is 1. The molecule has 28 heavy (non-hydrogen) atoms. The molecule has 0 bridgehead atoms. The molecular formula is C20H29N5O3. The molecule has 0 unspecified atom stereocenters. The van der Waals surface area contributed by atoms with Crippen molar-refractivity contribution < 1.29 is 14.6 Å². The number of nitrogen functional groups attached to an aromatic ring is 1. The molecule has 0 spiro atoms. The third kappa shape index (κ3) is 5.56. The van der Waals surface area contributed by atoms with Crippen LogP contribution in [0.25, 0.3) is 0 Å². The van der Waals surface area contributed by atoms with Gasteiger partial charge in [-0.15, -0.1) is 0 Å². The highest BCUT2D eigenvalue weighted by Gasteiger charge is 2.22. The number of anilines is 2. The second-order valence-electron chi connectivity index (χ2n) is 6.26. The van der Waals surface area contributed by atoms with Crippen molar-refractivity contribution in [2.45, 2.75) is 45.3 Å². The van der Waals surface area contributed by atoms with Crippen LogP contribution in [0.3, 0.4) is 0 Å². The van der Waals surface area contributed by atoms with Crippen molar-refractivity contribution in [3.8, 4) is 11.5 Å². The molecule has 0 aliphatic rings. The average molecular weight is 387 g/mol. The van der Waals surface area contributed by atoms with Crippen LogP contribution in [0.1, 0.15) is 38.3 Å². The molecule has 2 aromatic rings. The van der Waals surface area contributed by atoms with Crippen LogP contribution in [0.4, 0.5) is 11.8 Å². The summed E-state index contributed by atoms with van der Waals surface area (Å²) in [6.45, 7) is 6.31. The third-order valence-electron chi connectivity index (χ3n) is 4.38. The summed E-state index contributed by atoms with van der Waals surface area (Å²) in [4.78, 5) is 14.6. The van der Waals surface area contributed by atoms with Gasteiger partial charge in [-0.25, -0.2) is 4.98 Å². The Morgan fingerprint density at radius 1 is 1.32 bits per heavy atom. The van der Waals surface area contributed by atoms with E-state index in [0.29, 0.717) is 29.4 Å². The summed E-state index contributed by atoms with van der Waals surface area (Å²) in [5.41, 5.74) is 6.49. The maximum absolute atomic E-state index is 9.49. The van der Waals surface area contributed by atoms with Crippen LogP contribution in [-0.4, -0.2) is 39.8 Å². The molecule has 0 aliphatic heterocycles. The normalized spacial score (nSPS) is 11.7. The highest BCUT2D eigenvalue weighted by Crippen LogP contribution is 2.31. The zero-order chi connectivity index (χ0) is 20.4. The Morgan fingerprint density at radius 2 is 2.14 bits per heavy atom. The number of hydrogen-bond acceptors (Lipinski definition) is 8. The number of aromatic nitrogens is 3. The van der Waals surface area contributed by atoms with E-state index < -0.39 is 0 Å². The monoisotopic (exact) mass is 387 g/mol. The lowest BCUT2D eigenvalue weighted by atomic mass is 10.1. The Bertz CT molecular complexity index is 756. The molecule has 0 saturated heterocycles. The molecule has 8 heteroatoms. The molecule has 1 atom stereocenters. The van der Waals surface area contributed by atoms with E-state index in [2.05, 4.69) is 28.5 Å². The van der Waals surface area contributed by atoms with E-state index in [-0.39, 0.29) is 25.2 Å². The van der Waals surface area contributed by atoms with Gasteiger partial charge < -0.3 is 25.2 Å². The van der Waals surface area contributed by atoms with E-state index in [1.165, 1.54) is 0 Å². The van der Waals surface area contributed by atoms with Gasteiger partial charge in [0.2, 0.25) is 5.95 Å². The highest BCUT2D eigenvalue weighted by atomic mass is 16.5. The van der Waals surface area contributed by atoms with Crippen LogP contribution >= 0.6 is 0 Å². The molecule has 152 valence electrons. The first-order valence-corrected chi connectivity index (χ1v) is 9.39. The summed E-state index contributed by atoms with van der Waals surface area (Å²) in [7, 11) is 1.59. The molecule has 0 fully saturated rings. The quantitative estimate of drug-likeness (QED) is 0.572. The van der Waals surface area contributed by atoms with Gasteiger partial charge >= 0.3 is 0 Å². The fourth-order valence-corrected chi connectivity index (χ4v) is 2.95. The van der Waals surface area contributed by atoms with Crippen molar-refractivity contribution in [2.75, 3.05) is 24.4 Å². The maximum Gasteiger partial charge on any atom is 0.222 e. The van der Waals surface area contributed by atoms with E-state index >= 15 is 0 Å². The van der Waals surface area contributed by atoms with Crippen molar-refractivity contribution in [3.05, 3.63) is 43.0 Å². The van der Waals surface area contributed by atoms with Gasteiger partial charge in [0.1, 0.15) is 18.1 Å². The van der Waals surface area contributed by atoms with Crippen molar-refractivity contribution in [1.82, 2.24) is 15.0 Å². The molecule has 3 N–H and O–H groups in total. The van der Waals surface area contributed by atoms with Gasteiger partial charge in [-0.3, -0.25) is 4.98 Å². The van der Waals surface area contributed by atoms with Gasteiger partial charge in [0, 0.05) is 18.8 Å². The van der Waals surface area contributed by atoms with Gasteiger partial charge in [-0.2, -0.15) is 4.98 Å². The van der Waals surface area contributed by atoms with Gasteiger partial charge in [-0.1, -0.05) is 26.3 Å². The fraction of sp³-hybridized carbons (Fsp3) is 0.450. The number of nitrogens with zero attached hydrogens (tertiary/aromatic N) is 4. The summed E-state index contributed by atoms with van der Waals surface area (Å²) < 4.78 is 11.3. The Labute approximate surface area is 166 Å². The average Bonchev–Trinajstić information content (AvgIpc) is 2.72. The summed E-state index contributed by atoms with van der Waals surface area (Å²) in [5, 5.41) is 9.49. The molecule has 2 rings (SSSR count). The lowest BCUT2D eigenvalue weighted by molar-refractivity contribution is 0.268. The number of hydrogen-bond donors (Lipinski definition) is 2. The van der Waals surface area contributed by atoms with Crippen LogP contribution in [0.2, 0.25) is 0 Å². The van der Waals surface area contributed by atoms with Crippen LogP contribution in [-0.2, 0) is 6.61 Å². The zero-order valence-corrected chi connectivity index (χ0v) is 16.5. The van der Waals surface area contributed by atoms with Crippen molar-refractivity contribution in [3.63, 3.8) is 0 Å². The Balaban J connectivity index is 2.29.